The number of aromatic nitrogens is 2. The lowest BCUT2D eigenvalue weighted by Gasteiger charge is -2.10. The standard InChI is InChI=1S/C20H16ClN2O3P/c1-13-22-19-11-17(18(21)12-20(19)23(13)27(24,25)26)16-9-7-15(8-10-16)14-5-3-2-4-6-14/h2-12H,1H3,(H2,24,25,26). The molecule has 5 nitrogen and oxygen atoms in total. The van der Waals surface area contributed by atoms with Crippen LogP contribution >= 0.6 is 19.3 Å². The van der Waals surface area contributed by atoms with Crippen molar-refractivity contribution in [3.63, 3.8) is 0 Å². The maximum Gasteiger partial charge on any atom is 0.435 e. The smallest absolute Gasteiger partial charge is 0.308 e. The number of imidazole rings is 1. The highest BCUT2D eigenvalue weighted by Crippen LogP contribution is 2.43. The van der Waals surface area contributed by atoms with Gasteiger partial charge in [0.05, 0.1) is 16.1 Å². The molecule has 4 aromatic rings. The zero-order valence-corrected chi connectivity index (χ0v) is 16.0. The summed E-state index contributed by atoms with van der Waals surface area (Å²) >= 11 is 6.43. The van der Waals surface area contributed by atoms with Gasteiger partial charge < -0.3 is 9.79 Å². The first-order valence-corrected chi connectivity index (χ1v) is 10.2. The van der Waals surface area contributed by atoms with Gasteiger partial charge in [-0.15, -0.1) is 0 Å². The van der Waals surface area contributed by atoms with Gasteiger partial charge >= 0.3 is 7.75 Å². The van der Waals surface area contributed by atoms with Crippen molar-refractivity contribution in [3.05, 3.63) is 77.6 Å². The van der Waals surface area contributed by atoms with Crippen molar-refractivity contribution in [3.8, 4) is 22.3 Å². The molecule has 27 heavy (non-hydrogen) atoms. The van der Waals surface area contributed by atoms with Crippen molar-refractivity contribution in [2.45, 2.75) is 6.92 Å². The van der Waals surface area contributed by atoms with Gasteiger partial charge in [-0.3, -0.25) is 0 Å². The van der Waals surface area contributed by atoms with Gasteiger partial charge in [-0.05, 0) is 35.7 Å². The minimum absolute atomic E-state index is 0.242. The molecule has 0 aliphatic rings. The topological polar surface area (TPSA) is 75.4 Å². The van der Waals surface area contributed by atoms with Crippen LogP contribution in [-0.2, 0) is 4.57 Å². The molecule has 0 aliphatic carbocycles. The Bertz CT molecular complexity index is 1180. The Hall–Kier alpha value is -2.43. The largest absolute Gasteiger partial charge is 0.435 e. The second-order valence-corrected chi connectivity index (χ2v) is 8.08. The molecule has 4 rings (SSSR count). The van der Waals surface area contributed by atoms with Crippen molar-refractivity contribution >= 4 is 30.4 Å². The first kappa shape index (κ1) is 18.0. The van der Waals surface area contributed by atoms with E-state index in [4.69, 9.17) is 11.6 Å². The Morgan fingerprint density at radius 1 is 0.926 bits per heavy atom. The molecular weight excluding hydrogens is 383 g/mol. The molecule has 1 aromatic heterocycles. The average Bonchev–Trinajstić information content (AvgIpc) is 2.97. The Kier molecular flexibility index (Phi) is 4.41. The first-order chi connectivity index (χ1) is 12.8. The summed E-state index contributed by atoms with van der Waals surface area (Å²) in [5.41, 5.74) is 4.70. The van der Waals surface area contributed by atoms with Crippen molar-refractivity contribution in [2.75, 3.05) is 0 Å². The number of hydrogen-bond donors (Lipinski definition) is 2. The molecule has 0 atom stereocenters. The molecule has 0 bridgehead atoms. The van der Waals surface area contributed by atoms with E-state index in [1.807, 2.05) is 54.6 Å². The van der Waals surface area contributed by atoms with Gasteiger partial charge in [-0.25, -0.2) is 13.9 Å². The summed E-state index contributed by atoms with van der Waals surface area (Å²) in [6.45, 7) is 1.56. The van der Waals surface area contributed by atoms with E-state index >= 15 is 0 Å². The highest BCUT2D eigenvalue weighted by Gasteiger charge is 2.23. The molecule has 136 valence electrons. The zero-order chi connectivity index (χ0) is 19.2. The van der Waals surface area contributed by atoms with E-state index in [9.17, 15) is 14.4 Å². The van der Waals surface area contributed by atoms with Crippen LogP contribution in [0.4, 0.5) is 0 Å². The third kappa shape index (κ3) is 3.31. The summed E-state index contributed by atoms with van der Waals surface area (Å²) in [6, 6.07) is 21.4. The van der Waals surface area contributed by atoms with Crippen LogP contribution in [0.25, 0.3) is 33.3 Å². The molecule has 0 spiro atoms. The van der Waals surface area contributed by atoms with Crippen molar-refractivity contribution < 1.29 is 14.4 Å². The number of rotatable bonds is 3. The van der Waals surface area contributed by atoms with Crippen LogP contribution in [-0.4, -0.2) is 19.1 Å². The SMILES string of the molecule is Cc1nc2cc(-c3ccc(-c4ccccc4)cc3)c(Cl)cc2n1P(=O)(O)O. The predicted molar refractivity (Wildman–Crippen MR) is 108 cm³/mol. The van der Waals surface area contributed by atoms with Crippen LogP contribution in [0, 0.1) is 6.92 Å². The third-order valence-electron chi connectivity index (χ3n) is 4.44. The number of nitrogens with zero attached hydrogens (tertiary/aromatic N) is 2. The second kappa shape index (κ2) is 6.63. The van der Waals surface area contributed by atoms with E-state index < -0.39 is 7.75 Å². The van der Waals surface area contributed by atoms with E-state index in [1.54, 1.807) is 19.1 Å². The minimum atomic E-state index is -4.51. The molecule has 0 radical (unpaired) electrons. The fraction of sp³-hybridized carbons (Fsp3) is 0.0500. The van der Waals surface area contributed by atoms with E-state index in [1.165, 1.54) is 0 Å². The lowest BCUT2D eigenvalue weighted by molar-refractivity contribution is 0.362. The first-order valence-electron chi connectivity index (χ1n) is 8.25. The van der Waals surface area contributed by atoms with Crippen LogP contribution in [0.2, 0.25) is 5.02 Å². The van der Waals surface area contributed by atoms with Crippen LogP contribution in [0.5, 0.6) is 0 Å². The maximum absolute atomic E-state index is 11.7. The molecular formula is C20H16ClN2O3P. The molecule has 0 fully saturated rings. The summed E-state index contributed by atoms with van der Waals surface area (Å²) in [4.78, 5) is 23.4. The normalized spacial score (nSPS) is 11.9. The van der Waals surface area contributed by atoms with Crippen molar-refractivity contribution in [1.29, 1.82) is 0 Å². The molecule has 0 aliphatic heterocycles. The van der Waals surface area contributed by atoms with Crippen LogP contribution in [0.1, 0.15) is 5.82 Å². The summed E-state index contributed by atoms with van der Waals surface area (Å²) in [6.07, 6.45) is 0. The molecule has 0 saturated heterocycles. The average molecular weight is 399 g/mol. The molecule has 3 aromatic carbocycles. The number of hydrogen-bond acceptors (Lipinski definition) is 2. The number of halogens is 1. The quantitative estimate of drug-likeness (QED) is 0.461. The van der Waals surface area contributed by atoms with Gasteiger partial charge in [-0.1, -0.05) is 66.2 Å². The maximum atomic E-state index is 11.7. The number of aryl methyl sites for hydroxylation is 1. The van der Waals surface area contributed by atoms with Gasteiger partial charge in [0.25, 0.3) is 0 Å². The van der Waals surface area contributed by atoms with Gasteiger partial charge in [0.15, 0.2) is 0 Å². The highest BCUT2D eigenvalue weighted by atomic mass is 35.5. The molecule has 0 unspecified atom stereocenters. The van der Waals surface area contributed by atoms with Crippen LogP contribution < -0.4 is 0 Å². The van der Waals surface area contributed by atoms with E-state index in [2.05, 4.69) is 4.98 Å². The van der Waals surface area contributed by atoms with E-state index in [0.29, 0.717) is 16.1 Å². The van der Waals surface area contributed by atoms with E-state index in [-0.39, 0.29) is 5.82 Å². The Morgan fingerprint density at radius 3 is 2.15 bits per heavy atom. The summed E-state index contributed by atoms with van der Waals surface area (Å²) in [7, 11) is -4.51. The van der Waals surface area contributed by atoms with Crippen molar-refractivity contribution in [1.82, 2.24) is 9.32 Å². The number of fused-ring (bicyclic) bond motifs is 1. The molecule has 0 saturated carbocycles. The number of benzene rings is 3. The molecule has 0 amide bonds. The van der Waals surface area contributed by atoms with Gasteiger partial charge in [0, 0.05) is 5.56 Å². The lowest BCUT2D eigenvalue weighted by atomic mass is 10.00. The Morgan fingerprint density at radius 2 is 1.52 bits per heavy atom. The highest BCUT2D eigenvalue weighted by molar-refractivity contribution is 7.50. The van der Waals surface area contributed by atoms with Gasteiger partial charge in [-0.2, -0.15) is 0 Å². The second-order valence-electron chi connectivity index (χ2n) is 6.25. The summed E-state index contributed by atoms with van der Waals surface area (Å²) in [5, 5.41) is 0.407. The van der Waals surface area contributed by atoms with Crippen LogP contribution in [0.15, 0.2) is 66.7 Å². The third-order valence-corrected chi connectivity index (χ3v) is 5.78. The Balaban J connectivity index is 1.80. The Labute approximate surface area is 161 Å². The minimum Gasteiger partial charge on any atom is -0.308 e. The fourth-order valence-electron chi connectivity index (χ4n) is 3.23. The summed E-state index contributed by atoms with van der Waals surface area (Å²) in [5.74, 6) is 0.242. The summed E-state index contributed by atoms with van der Waals surface area (Å²) < 4.78 is 12.7. The lowest BCUT2D eigenvalue weighted by Crippen LogP contribution is -1.97. The predicted octanol–water partition coefficient (Wildman–Crippen LogP) is 5.27. The molecule has 7 heteroatoms. The van der Waals surface area contributed by atoms with Gasteiger partial charge in [0.1, 0.15) is 5.82 Å². The monoisotopic (exact) mass is 398 g/mol. The molecule has 2 N–H and O–H groups in total. The van der Waals surface area contributed by atoms with E-state index in [0.717, 1.165) is 26.6 Å². The zero-order valence-electron chi connectivity index (χ0n) is 14.4. The van der Waals surface area contributed by atoms with Crippen LogP contribution in [0.3, 0.4) is 0 Å². The fourth-order valence-corrected chi connectivity index (χ4v) is 4.36. The van der Waals surface area contributed by atoms with Crippen molar-refractivity contribution in [2.24, 2.45) is 0 Å². The molecule has 1 heterocycles. The van der Waals surface area contributed by atoms with Gasteiger partial charge in [0.2, 0.25) is 0 Å².